The zero-order valence-corrected chi connectivity index (χ0v) is 13.1. The average molecular weight is 296 g/mol. The molecule has 0 spiro atoms. The van der Waals surface area contributed by atoms with E-state index >= 15 is 0 Å². The second-order valence-corrected chi connectivity index (χ2v) is 7.79. The van der Waals surface area contributed by atoms with Gasteiger partial charge in [-0.25, -0.2) is 8.42 Å². The number of hydrogen-bond acceptors (Lipinski definition) is 3. The van der Waals surface area contributed by atoms with Crippen LogP contribution in [0.15, 0.2) is 29.2 Å². The molecule has 0 unspecified atom stereocenters. The van der Waals surface area contributed by atoms with E-state index in [9.17, 15) is 8.42 Å². The average Bonchev–Trinajstić information content (AvgIpc) is 2.47. The second kappa shape index (κ2) is 5.84. The van der Waals surface area contributed by atoms with Crippen molar-refractivity contribution in [3.05, 3.63) is 29.8 Å². The molecule has 0 amide bonds. The molecule has 2 N–H and O–H groups in total. The third-order valence-electron chi connectivity index (χ3n) is 4.59. The first-order chi connectivity index (χ1) is 9.43. The Balaban J connectivity index is 2.24. The maximum absolute atomic E-state index is 12.7. The summed E-state index contributed by atoms with van der Waals surface area (Å²) in [6, 6.07) is 7.02. The smallest absolute Gasteiger partial charge is 0.243 e. The van der Waals surface area contributed by atoms with E-state index in [1.165, 1.54) is 0 Å². The molecule has 1 aromatic carbocycles. The van der Waals surface area contributed by atoms with Crippen molar-refractivity contribution in [3.63, 3.8) is 0 Å². The Labute approximate surface area is 122 Å². The molecular weight excluding hydrogens is 272 g/mol. The molecule has 2 rings (SSSR count). The van der Waals surface area contributed by atoms with Crippen LogP contribution in [0.2, 0.25) is 0 Å². The van der Waals surface area contributed by atoms with Crippen LogP contribution < -0.4 is 5.73 Å². The minimum atomic E-state index is -3.41. The fourth-order valence-corrected chi connectivity index (χ4v) is 4.36. The van der Waals surface area contributed by atoms with Gasteiger partial charge in [0.15, 0.2) is 0 Å². The van der Waals surface area contributed by atoms with Gasteiger partial charge in [-0.1, -0.05) is 38.5 Å². The SMILES string of the molecule is CCC1(C)CCN(S(=O)(=O)c2ccccc2CN)CC1. The fraction of sp³-hybridized carbons (Fsp3) is 0.600. The molecule has 1 aliphatic rings. The highest BCUT2D eigenvalue weighted by Crippen LogP contribution is 2.36. The molecule has 1 heterocycles. The van der Waals surface area contributed by atoms with Gasteiger partial charge < -0.3 is 5.73 Å². The van der Waals surface area contributed by atoms with Gasteiger partial charge in [-0.05, 0) is 29.9 Å². The summed E-state index contributed by atoms with van der Waals surface area (Å²) in [5, 5.41) is 0. The van der Waals surface area contributed by atoms with Crippen LogP contribution in [0.5, 0.6) is 0 Å². The molecule has 0 bridgehead atoms. The monoisotopic (exact) mass is 296 g/mol. The molecule has 0 aliphatic carbocycles. The predicted octanol–water partition coefficient (Wildman–Crippen LogP) is 2.35. The van der Waals surface area contributed by atoms with Crippen LogP contribution in [0, 0.1) is 5.41 Å². The molecule has 112 valence electrons. The summed E-state index contributed by atoms with van der Waals surface area (Å²) >= 11 is 0. The number of piperidine rings is 1. The van der Waals surface area contributed by atoms with Crippen molar-refractivity contribution in [1.29, 1.82) is 0 Å². The van der Waals surface area contributed by atoms with Crippen molar-refractivity contribution < 1.29 is 8.42 Å². The first-order valence-electron chi connectivity index (χ1n) is 7.21. The van der Waals surface area contributed by atoms with Crippen molar-refractivity contribution in [3.8, 4) is 0 Å². The molecule has 0 radical (unpaired) electrons. The van der Waals surface area contributed by atoms with Gasteiger partial charge in [0.1, 0.15) is 0 Å². The van der Waals surface area contributed by atoms with Crippen molar-refractivity contribution in [2.75, 3.05) is 13.1 Å². The van der Waals surface area contributed by atoms with Crippen LogP contribution in [-0.4, -0.2) is 25.8 Å². The molecular formula is C15H24N2O2S. The van der Waals surface area contributed by atoms with Crippen molar-refractivity contribution in [2.45, 2.75) is 44.6 Å². The number of nitrogens with two attached hydrogens (primary N) is 1. The van der Waals surface area contributed by atoms with Crippen LogP contribution in [0.3, 0.4) is 0 Å². The van der Waals surface area contributed by atoms with Crippen LogP contribution in [0.1, 0.15) is 38.7 Å². The maximum Gasteiger partial charge on any atom is 0.243 e. The molecule has 1 fully saturated rings. The molecule has 1 aromatic rings. The Morgan fingerprint density at radius 1 is 1.25 bits per heavy atom. The number of benzene rings is 1. The Morgan fingerprint density at radius 2 is 1.85 bits per heavy atom. The lowest BCUT2D eigenvalue weighted by Crippen LogP contribution is -2.42. The standard InChI is InChI=1S/C15H24N2O2S/c1-3-15(2)8-10-17(11-9-15)20(18,19)14-7-5-4-6-13(14)12-16/h4-7H,3,8-12,16H2,1-2H3. The Morgan fingerprint density at radius 3 is 2.40 bits per heavy atom. The summed E-state index contributed by atoms with van der Waals surface area (Å²) < 4.78 is 27.1. The first kappa shape index (κ1) is 15.5. The van der Waals surface area contributed by atoms with Gasteiger partial charge in [0, 0.05) is 19.6 Å². The van der Waals surface area contributed by atoms with E-state index in [4.69, 9.17) is 5.73 Å². The highest BCUT2D eigenvalue weighted by atomic mass is 32.2. The largest absolute Gasteiger partial charge is 0.326 e. The lowest BCUT2D eigenvalue weighted by molar-refractivity contribution is 0.169. The summed E-state index contributed by atoms with van der Waals surface area (Å²) in [4.78, 5) is 0.364. The van der Waals surface area contributed by atoms with Gasteiger partial charge in [0.05, 0.1) is 4.90 Å². The van der Waals surface area contributed by atoms with Gasteiger partial charge in [0.25, 0.3) is 0 Å². The van der Waals surface area contributed by atoms with Crippen molar-refractivity contribution >= 4 is 10.0 Å². The van der Waals surface area contributed by atoms with E-state index in [2.05, 4.69) is 13.8 Å². The zero-order valence-electron chi connectivity index (χ0n) is 12.3. The van der Waals surface area contributed by atoms with Gasteiger partial charge >= 0.3 is 0 Å². The van der Waals surface area contributed by atoms with E-state index < -0.39 is 10.0 Å². The summed E-state index contributed by atoms with van der Waals surface area (Å²) in [6.07, 6.45) is 2.95. The minimum Gasteiger partial charge on any atom is -0.326 e. The quantitative estimate of drug-likeness (QED) is 0.927. The summed E-state index contributed by atoms with van der Waals surface area (Å²) in [7, 11) is -3.41. The summed E-state index contributed by atoms with van der Waals surface area (Å²) in [5.41, 5.74) is 6.63. The third kappa shape index (κ3) is 2.90. The molecule has 4 nitrogen and oxygen atoms in total. The van der Waals surface area contributed by atoms with Gasteiger partial charge in [-0.3, -0.25) is 0 Å². The lowest BCUT2D eigenvalue weighted by atomic mass is 9.79. The number of sulfonamides is 1. The third-order valence-corrected chi connectivity index (χ3v) is 6.59. The highest BCUT2D eigenvalue weighted by Gasteiger charge is 2.34. The predicted molar refractivity (Wildman–Crippen MR) is 80.7 cm³/mol. The second-order valence-electron chi connectivity index (χ2n) is 5.88. The molecule has 5 heteroatoms. The van der Waals surface area contributed by atoms with Crippen LogP contribution >= 0.6 is 0 Å². The minimum absolute atomic E-state index is 0.246. The highest BCUT2D eigenvalue weighted by molar-refractivity contribution is 7.89. The van der Waals surface area contributed by atoms with E-state index in [1.807, 2.05) is 6.07 Å². The Bertz CT molecular complexity index is 561. The van der Waals surface area contributed by atoms with Crippen LogP contribution in [0.25, 0.3) is 0 Å². The van der Waals surface area contributed by atoms with E-state index in [1.54, 1.807) is 22.5 Å². The molecule has 20 heavy (non-hydrogen) atoms. The molecule has 0 atom stereocenters. The molecule has 1 saturated heterocycles. The van der Waals surface area contributed by atoms with Gasteiger partial charge in [-0.15, -0.1) is 0 Å². The van der Waals surface area contributed by atoms with Crippen molar-refractivity contribution in [2.24, 2.45) is 11.1 Å². The van der Waals surface area contributed by atoms with Crippen LogP contribution in [0.4, 0.5) is 0 Å². The normalized spacial score (nSPS) is 19.9. The molecule has 1 aliphatic heterocycles. The van der Waals surface area contributed by atoms with Gasteiger partial charge in [-0.2, -0.15) is 4.31 Å². The first-order valence-corrected chi connectivity index (χ1v) is 8.65. The van der Waals surface area contributed by atoms with E-state index in [0.717, 1.165) is 19.3 Å². The number of nitrogens with zero attached hydrogens (tertiary/aromatic N) is 1. The molecule has 0 saturated carbocycles. The van der Waals surface area contributed by atoms with E-state index in [-0.39, 0.29) is 12.0 Å². The Kier molecular flexibility index (Phi) is 4.52. The number of rotatable bonds is 4. The maximum atomic E-state index is 12.7. The molecule has 0 aromatic heterocycles. The lowest BCUT2D eigenvalue weighted by Gasteiger charge is -2.38. The fourth-order valence-electron chi connectivity index (χ4n) is 2.68. The number of hydrogen-bond donors (Lipinski definition) is 1. The summed E-state index contributed by atoms with van der Waals surface area (Å²) in [5.74, 6) is 0. The van der Waals surface area contributed by atoms with Crippen molar-refractivity contribution in [1.82, 2.24) is 4.31 Å². The Hall–Kier alpha value is -0.910. The zero-order chi connectivity index (χ0) is 14.8. The van der Waals surface area contributed by atoms with Gasteiger partial charge in [0.2, 0.25) is 10.0 Å². The topological polar surface area (TPSA) is 63.4 Å². The van der Waals surface area contributed by atoms with Crippen LogP contribution in [-0.2, 0) is 16.6 Å². The summed E-state index contributed by atoms with van der Waals surface area (Å²) in [6.45, 7) is 5.87. The van der Waals surface area contributed by atoms with E-state index in [0.29, 0.717) is 23.5 Å².